The third-order valence-corrected chi connectivity index (χ3v) is 4.60. The second-order valence-electron chi connectivity index (χ2n) is 4.53. The normalized spacial score (nSPS) is 12.9. The molecule has 0 spiro atoms. The first-order valence-electron chi connectivity index (χ1n) is 6.14. The molecule has 2 aromatic rings. The monoisotopic (exact) mass is 310 g/mol. The summed E-state index contributed by atoms with van der Waals surface area (Å²) < 4.78 is 26.7. The van der Waals surface area contributed by atoms with E-state index in [4.69, 9.17) is 11.6 Å². The fourth-order valence-corrected chi connectivity index (χ4v) is 3.47. The highest BCUT2D eigenvalue weighted by Gasteiger charge is 2.18. The smallest absolute Gasteiger partial charge is 0.234 e. The molecule has 1 aromatic carbocycles. The molecule has 1 N–H and O–H groups in total. The Hall–Kier alpha value is -1.59. The van der Waals surface area contributed by atoms with Crippen LogP contribution >= 0.6 is 11.6 Å². The summed E-state index contributed by atoms with van der Waals surface area (Å²) in [6.45, 7) is 1.87. The van der Waals surface area contributed by atoms with Crippen molar-refractivity contribution in [2.45, 2.75) is 12.8 Å². The Labute approximate surface area is 123 Å². The molecule has 0 amide bonds. The van der Waals surface area contributed by atoms with Gasteiger partial charge in [-0.1, -0.05) is 48.9 Å². The standard InChI is InChI=1S/C14H15ClN2O2S/c1-11(12-6-3-2-4-7-12)10-20(18,19)17-14-13(15)8-5-9-16-14/h2-9,11H,10H2,1H3,(H,16,17). The molecule has 0 saturated heterocycles. The number of rotatable bonds is 5. The summed E-state index contributed by atoms with van der Waals surface area (Å²) in [5.74, 6) is 0.0230. The van der Waals surface area contributed by atoms with Crippen LogP contribution in [0, 0.1) is 0 Å². The van der Waals surface area contributed by atoms with Gasteiger partial charge in [0.15, 0.2) is 5.82 Å². The SMILES string of the molecule is CC(CS(=O)(=O)Nc1ncccc1Cl)c1ccccc1. The lowest BCUT2D eigenvalue weighted by atomic mass is 10.0. The van der Waals surface area contributed by atoms with E-state index in [1.165, 1.54) is 6.20 Å². The van der Waals surface area contributed by atoms with Crippen LogP contribution in [0.5, 0.6) is 0 Å². The van der Waals surface area contributed by atoms with Crippen LogP contribution in [0.4, 0.5) is 5.82 Å². The fourth-order valence-electron chi connectivity index (χ4n) is 1.86. The molecular weight excluding hydrogens is 296 g/mol. The summed E-state index contributed by atoms with van der Waals surface area (Å²) >= 11 is 5.89. The molecular formula is C14H15ClN2O2S. The average molecular weight is 311 g/mol. The highest BCUT2D eigenvalue weighted by Crippen LogP contribution is 2.21. The lowest BCUT2D eigenvalue weighted by Crippen LogP contribution is -2.21. The van der Waals surface area contributed by atoms with Gasteiger partial charge in [-0.2, -0.15) is 0 Å². The Morgan fingerprint density at radius 2 is 1.90 bits per heavy atom. The van der Waals surface area contributed by atoms with Crippen molar-refractivity contribution in [3.05, 3.63) is 59.2 Å². The molecule has 0 saturated carbocycles. The summed E-state index contributed by atoms with van der Waals surface area (Å²) in [7, 11) is -3.50. The van der Waals surface area contributed by atoms with Crippen LogP contribution in [-0.2, 0) is 10.0 Å². The molecule has 0 aliphatic carbocycles. The van der Waals surface area contributed by atoms with E-state index in [1.54, 1.807) is 12.1 Å². The van der Waals surface area contributed by atoms with Crippen LogP contribution in [0.1, 0.15) is 18.4 Å². The molecule has 1 atom stereocenters. The Kier molecular flexibility index (Phi) is 4.62. The number of aromatic nitrogens is 1. The summed E-state index contributed by atoms with van der Waals surface area (Å²) in [6, 6.07) is 12.7. The van der Waals surface area contributed by atoms with Gasteiger partial charge in [0.05, 0.1) is 10.8 Å². The van der Waals surface area contributed by atoms with E-state index in [1.807, 2.05) is 37.3 Å². The topological polar surface area (TPSA) is 59.1 Å². The zero-order chi connectivity index (χ0) is 14.6. The van der Waals surface area contributed by atoms with Gasteiger partial charge in [-0.15, -0.1) is 0 Å². The molecule has 0 aliphatic rings. The van der Waals surface area contributed by atoms with Crippen molar-refractivity contribution >= 4 is 27.4 Å². The van der Waals surface area contributed by atoms with Crippen LogP contribution in [0.25, 0.3) is 0 Å². The summed E-state index contributed by atoms with van der Waals surface area (Å²) in [5, 5.41) is 0.281. The van der Waals surface area contributed by atoms with E-state index >= 15 is 0 Å². The molecule has 4 nitrogen and oxygen atoms in total. The number of hydrogen-bond donors (Lipinski definition) is 1. The van der Waals surface area contributed by atoms with E-state index in [9.17, 15) is 8.42 Å². The van der Waals surface area contributed by atoms with Gasteiger partial charge >= 0.3 is 0 Å². The van der Waals surface area contributed by atoms with Gasteiger partial charge < -0.3 is 0 Å². The number of sulfonamides is 1. The molecule has 6 heteroatoms. The van der Waals surface area contributed by atoms with E-state index in [0.29, 0.717) is 0 Å². The highest BCUT2D eigenvalue weighted by molar-refractivity contribution is 7.92. The first kappa shape index (κ1) is 14.8. The average Bonchev–Trinajstić information content (AvgIpc) is 2.41. The lowest BCUT2D eigenvalue weighted by Gasteiger charge is -2.13. The molecule has 0 radical (unpaired) electrons. The molecule has 2 rings (SSSR count). The number of anilines is 1. The zero-order valence-corrected chi connectivity index (χ0v) is 12.5. The number of nitrogens with zero attached hydrogens (tertiary/aromatic N) is 1. The first-order valence-corrected chi connectivity index (χ1v) is 8.17. The molecule has 0 aliphatic heterocycles. The Balaban J connectivity index is 2.10. The lowest BCUT2D eigenvalue weighted by molar-refractivity contribution is 0.595. The van der Waals surface area contributed by atoms with Crippen molar-refractivity contribution in [3.8, 4) is 0 Å². The van der Waals surface area contributed by atoms with Crippen molar-refractivity contribution in [1.29, 1.82) is 0 Å². The largest absolute Gasteiger partial charge is 0.266 e. The zero-order valence-electron chi connectivity index (χ0n) is 11.0. The Morgan fingerprint density at radius 3 is 2.55 bits per heavy atom. The van der Waals surface area contributed by atoms with E-state index in [-0.39, 0.29) is 22.5 Å². The number of pyridine rings is 1. The maximum atomic E-state index is 12.1. The van der Waals surface area contributed by atoms with Gasteiger partial charge in [0.25, 0.3) is 0 Å². The minimum atomic E-state index is -3.50. The summed E-state index contributed by atoms with van der Waals surface area (Å²) in [6.07, 6.45) is 1.49. The van der Waals surface area contributed by atoms with Crippen molar-refractivity contribution < 1.29 is 8.42 Å². The Bertz CT molecular complexity index is 675. The Morgan fingerprint density at radius 1 is 1.20 bits per heavy atom. The molecule has 0 bridgehead atoms. The summed E-state index contributed by atoms with van der Waals surface area (Å²) in [5.41, 5.74) is 0.977. The van der Waals surface area contributed by atoms with Crippen molar-refractivity contribution in [2.24, 2.45) is 0 Å². The van der Waals surface area contributed by atoms with Crippen molar-refractivity contribution in [2.75, 3.05) is 10.5 Å². The van der Waals surface area contributed by atoms with Gasteiger partial charge in [-0.25, -0.2) is 13.4 Å². The third-order valence-electron chi connectivity index (χ3n) is 2.85. The molecule has 20 heavy (non-hydrogen) atoms. The molecule has 0 fully saturated rings. The quantitative estimate of drug-likeness (QED) is 0.922. The van der Waals surface area contributed by atoms with Crippen LogP contribution in [0.2, 0.25) is 5.02 Å². The van der Waals surface area contributed by atoms with Crippen LogP contribution in [-0.4, -0.2) is 19.2 Å². The van der Waals surface area contributed by atoms with E-state index in [0.717, 1.165) is 5.56 Å². The fraction of sp³-hybridized carbons (Fsp3) is 0.214. The second kappa shape index (κ2) is 6.24. The maximum Gasteiger partial charge on any atom is 0.234 e. The van der Waals surface area contributed by atoms with Crippen LogP contribution < -0.4 is 4.72 Å². The van der Waals surface area contributed by atoms with Gasteiger partial charge in [-0.05, 0) is 23.6 Å². The number of hydrogen-bond acceptors (Lipinski definition) is 3. The van der Waals surface area contributed by atoms with Crippen LogP contribution in [0.15, 0.2) is 48.7 Å². The van der Waals surface area contributed by atoms with Gasteiger partial charge in [-0.3, -0.25) is 4.72 Å². The highest BCUT2D eigenvalue weighted by atomic mass is 35.5. The van der Waals surface area contributed by atoms with E-state index < -0.39 is 10.0 Å². The maximum absolute atomic E-state index is 12.1. The molecule has 106 valence electrons. The molecule has 1 aromatic heterocycles. The number of benzene rings is 1. The third kappa shape index (κ3) is 3.95. The van der Waals surface area contributed by atoms with E-state index in [2.05, 4.69) is 9.71 Å². The minimum Gasteiger partial charge on any atom is -0.266 e. The van der Waals surface area contributed by atoms with Crippen molar-refractivity contribution in [3.63, 3.8) is 0 Å². The molecule has 1 unspecified atom stereocenters. The predicted molar refractivity (Wildman–Crippen MR) is 81.5 cm³/mol. The number of halogens is 1. The molecule has 1 heterocycles. The first-order chi connectivity index (χ1) is 9.48. The minimum absolute atomic E-state index is 0.0239. The number of nitrogens with one attached hydrogen (secondary N) is 1. The second-order valence-corrected chi connectivity index (χ2v) is 6.70. The van der Waals surface area contributed by atoms with Crippen LogP contribution in [0.3, 0.4) is 0 Å². The van der Waals surface area contributed by atoms with Crippen molar-refractivity contribution in [1.82, 2.24) is 4.98 Å². The predicted octanol–water partition coefficient (Wildman–Crippen LogP) is 3.28. The van der Waals surface area contributed by atoms with Gasteiger partial charge in [0.2, 0.25) is 10.0 Å². The summed E-state index contributed by atoms with van der Waals surface area (Å²) in [4.78, 5) is 3.92. The van der Waals surface area contributed by atoms with Gasteiger partial charge in [0.1, 0.15) is 0 Å². The van der Waals surface area contributed by atoms with Gasteiger partial charge in [0, 0.05) is 6.20 Å².